The second-order valence-electron chi connectivity index (χ2n) is 5.09. The molecule has 1 aromatic carbocycles. The van der Waals surface area contributed by atoms with Crippen molar-refractivity contribution in [3.63, 3.8) is 0 Å². The van der Waals surface area contributed by atoms with Crippen LogP contribution in [-0.4, -0.2) is 31.6 Å². The van der Waals surface area contributed by atoms with Crippen molar-refractivity contribution in [2.45, 2.75) is 38.0 Å². The molecule has 0 spiro atoms. The topological polar surface area (TPSA) is 56.8 Å². The Kier molecular flexibility index (Phi) is 4.13. The van der Waals surface area contributed by atoms with Crippen molar-refractivity contribution in [3.05, 3.63) is 29.6 Å². The van der Waals surface area contributed by atoms with E-state index in [0.29, 0.717) is 5.69 Å². The van der Waals surface area contributed by atoms with E-state index in [1.165, 1.54) is 39.2 Å². The maximum absolute atomic E-state index is 14.2. The molecule has 0 unspecified atom stereocenters. The third-order valence-electron chi connectivity index (χ3n) is 3.59. The number of nitrogens with two attached hydrogens (primary N) is 1. The highest BCUT2D eigenvalue weighted by Gasteiger charge is 2.50. The molecule has 0 radical (unpaired) electrons. The molecule has 0 saturated carbocycles. The molecule has 1 aromatic rings. The minimum Gasteiger partial charge on any atom is -0.469 e. The summed E-state index contributed by atoms with van der Waals surface area (Å²) in [5.74, 6) is -0.529. The van der Waals surface area contributed by atoms with E-state index in [0.717, 1.165) is 0 Å². The van der Waals surface area contributed by atoms with E-state index in [4.69, 9.17) is 15.2 Å². The monoisotopic (exact) mass is 302 g/mol. The summed E-state index contributed by atoms with van der Waals surface area (Å²) >= 11 is 0. The first kappa shape index (κ1) is 15.6. The lowest BCUT2D eigenvalue weighted by molar-refractivity contribution is -0.120. The first-order valence-electron chi connectivity index (χ1n) is 6.39. The maximum atomic E-state index is 14.2. The largest absolute Gasteiger partial charge is 0.469 e. The lowest BCUT2D eigenvalue weighted by atomic mass is 9.82. The van der Waals surface area contributed by atoms with Gasteiger partial charge in [-0.15, -0.1) is 0 Å². The van der Waals surface area contributed by atoms with Gasteiger partial charge in [0.15, 0.2) is 12.0 Å². The Hall–Kier alpha value is -1.76. The van der Waals surface area contributed by atoms with Crippen molar-refractivity contribution in [3.8, 4) is 0 Å². The zero-order valence-electron chi connectivity index (χ0n) is 11.9. The summed E-state index contributed by atoms with van der Waals surface area (Å²) < 4.78 is 50.8. The normalized spacial score (nSPS) is 29.2. The first-order valence-corrected chi connectivity index (χ1v) is 6.39. The van der Waals surface area contributed by atoms with E-state index in [-0.39, 0.29) is 11.5 Å². The molecule has 3 atom stereocenters. The standard InChI is InChI=1S/C14H17F3N2O2/c1-7-19-14(2,9-6-8(18)4-5-10(9)15)12(20-3)11(21-7)13(16)17/h4-6,11-13H,18H2,1-3H3/t11-,12-,14+/m0/s1. The lowest BCUT2D eigenvalue weighted by Crippen LogP contribution is -2.53. The van der Waals surface area contributed by atoms with Crippen molar-refractivity contribution < 1.29 is 22.6 Å². The number of alkyl halides is 2. The van der Waals surface area contributed by atoms with Crippen LogP contribution in [0.15, 0.2) is 23.2 Å². The van der Waals surface area contributed by atoms with Crippen LogP contribution < -0.4 is 5.73 Å². The van der Waals surface area contributed by atoms with E-state index in [1.807, 2.05) is 0 Å². The number of nitrogens with zero attached hydrogens (tertiary/aromatic N) is 1. The Morgan fingerprint density at radius 2 is 2.10 bits per heavy atom. The Morgan fingerprint density at radius 1 is 1.43 bits per heavy atom. The van der Waals surface area contributed by atoms with Gasteiger partial charge in [0.05, 0.1) is 0 Å². The van der Waals surface area contributed by atoms with Crippen LogP contribution in [0.1, 0.15) is 19.4 Å². The molecule has 1 heterocycles. The van der Waals surface area contributed by atoms with Gasteiger partial charge in [-0.25, -0.2) is 18.2 Å². The molecule has 2 N–H and O–H groups in total. The number of benzene rings is 1. The molecule has 7 heteroatoms. The van der Waals surface area contributed by atoms with Gasteiger partial charge in [0.25, 0.3) is 6.43 Å². The summed E-state index contributed by atoms with van der Waals surface area (Å²) in [5.41, 5.74) is 4.74. The number of anilines is 1. The molecule has 0 aromatic heterocycles. The lowest BCUT2D eigenvalue weighted by Gasteiger charge is -2.42. The van der Waals surface area contributed by atoms with Crippen LogP contribution in [-0.2, 0) is 15.0 Å². The fourth-order valence-corrected chi connectivity index (χ4v) is 2.69. The number of hydrogen-bond donors (Lipinski definition) is 1. The summed E-state index contributed by atoms with van der Waals surface area (Å²) in [4.78, 5) is 4.21. The Labute approximate surface area is 120 Å². The van der Waals surface area contributed by atoms with E-state index < -0.39 is 30.0 Å². The third-order valence-corrected chi connectivity index (χ3v) is 3.59. The molecule has 1 aliphatic rings. The zero-order valence-corrected chi connectivity index (χ0v) is 11.9. The minimum atomic E-state index is -2.79. The van der Waals surface area contributed by atoms with Gasteiger partial charge in [-0.3, -0.25) is 0 Å². The highest BCUT2D eigenvalue weighted by atomic mass is 19.3. The van der Waals surface area contributed by atoms with Gasteiger partial charge in [-0.1, -0.05) is 0 Å². The fraction of sp³-hybridized carbons (Fsp3) is 0.500. The number of halogens is 3. The van der Waals surface area contributed by atoms with Gasteiger partial charge >= 0.3 is 0 Å². The minimum absolute atomic E-state index is 0.0536. The number of aliphatic imine (C=N–C) groups is 1. The van der Waals surface area contributed by atoms with Crippen LogP contribution in [0.4, 0.5) is 18.9 Å². The molecule has 21 heavy (non-hydrogen) atoms. The molecule has 4 nitrogen and oxygen atoms in total. The number of ether oxygens (including phenoxy) is 2. The average Bonchev–Trinajstić information content (AvgIpc) is 2.40. The van der Waals surface area contributed by atoms with Crippen molar-refractivity contribution >= 4 is 11.6 Å². The molecule has 116 valence electrons. The molecule has 1 aliphatic heterocycles. The van der Waals surface area contributed by atoms with E-state index in [1.54, 1.807) is 0 Å². The molecule has 0 amide bonds. The van der Waals surface area contributed by atoms with Crippen molar-refractivity contribution in [2.24, 2.45) is 4.99 Å². The Bertz CT molecular complexity index is 565. The van der Waals surface area contributed by atoms with Crippen LogP contribution >= 0.6 is 0 Å². The molecule has 0 saturated heterocycles. The molecule has 0 fully saturated rings. The van der Waals surface area contributed by atoms with Crippen LogP contribution in [0.3, 0.4) is 0 Å². The fourth-order valence-electron chi connectivity index (χ4n) is 2.69. The molecular weight excluding hydrogens is 285 g/mol. The van der Waals surface area contributed by atoms with E-state index in [9.17, 15) is 13.2 Å². The van der Waals surface area contributed by atoms with E-state index >= 15 is 0 Å². The predicted octanol–water partition coefficient (Wildman–Crippen LogP) is 2.72. The van der Waals surface area contributed by atoms with Gasteiger partial charge < -0.3 is 15.2 Å². The van der Waals surface area contributed by atoms with Crippen molar-refractivity contribution in [2.75, 3.05) is 12.8 Å². The number of nitrogen functional groups attached to an aromatic ring is 1. The zero-order chi connectivity index (χ0) is 15.8. The summed E-state index contributed by atoms with van der Waals surface area (Å²) in [7, 11) is 1.27. The summed E-state index contributed by atoms with van der Waals surface area (Å²) in [6.07, 6.45) is -5.46. The first-order chi connectivity index (χ1) is 9.79. The third kappa shape index (κ3) is 2.70. The highest BCUT2D eigenvalue weighted by molar-refractivity contribution is 5.75. The smallest absolute Gasteiger partial charge is 0.277 e. The van der Waals surface area contributed by atoms with Crippen LogP contribution in [0.2, 0.25) is 0 Å². The van der Waals surface area contributed by atoms with Gasteiger partial charge in [0.1, 0.15) is 17.5 Å². The molecular formula is C14H17F3N2O2. The summed E-state index contributed by atoms with van der Waals surface area (Å²) in [5, 5.41) is 0. The highest BCUT2D eigenvalue weighted by Crippen LogP contribution is 2.40. The van der Waals surface area contributed by atoms with Gasteiger partial charge in [-0.2, -0.15) is 0 Å². The van der Waals surface area contributed by atoms with Gasteiger partial charge in [0.2, 0.25) is 0 Å². The van der Waals surface area contributed by atoms with Gasteiger partial charge in [0, 0.05) is 25.3 Å². The van der Waals surface area contributed by atoms with E-state index in [2.05, 4.69) is 4.99 Å². The molecule has 0 bridgehead atoms. The summed E-state index contributed by atoms with van der Waals surface area (Å²) in [6.45, 7) is 2.98. The SMILES string of the molecule is CO[C@H]1[C@@H](C(F)F)OC(C)=N[C@]1(C)c1cc(N)ccc1F. The Balaban J connectivity index is 2.60. The summed E-state index contributed by atoms with van der Waals surface area (Å²) in [6, 6.07) is 3.96. The second kappa shape index (κ2) is 5.55. The van der Waals surface area contributed by atoms with Crippen molar-refractivity contribution in [1.29, 1.82) is 0 Å². The Morgan fingerprint density at radius 3 is 2.67 bits per heavy atom. The number of methoxy groups -OCH3 is 1. The van der Waals surface area contributed by atoms with Crippen molar-refractivity contribution in [1.82, 2.24) is 0 Å². The van der Waals surface area contributed by atoms with Crippen LogP contribution in [0, 0.1) is 5.82 Å². The molecule has 0 aliphatic carbocycles. The maximum Gasteiger partial charge on any atom is 0.277 e. The average molecular weight is 302 g/mol. The second-order valence-corrected chi connectivity index (χ2v) is 5.09. The number of hydrogen-bond acceptors (Lipinski definition) is 4. The number of rotatable bonds is 3. The van der Waals surface area contributed by atoms with Crippen LogP contribution in [0.25, 0.3) is 0 Å². The quantitative estimate of drug-likeness (QED) is 0.873. The molecule has 2 rings (SSSR count). The predicted molar refractivity (Wildman–Crippen MR) is 72.9 cm³/mol. The van der Waals surface area contributed by atoms with Crippen LogP contribution in [0.5, 0.6) is 0 Å². The van der Waals surface area contributed by atoms with Gasteiger partial charge in [-0.05, 0) is 25.1 Å².